The molecule has 4 heteroatoms. The summed E-state index contributed by atoms with van der Waals surface area (Å²) < 4.78 is 2.35. The smallest absolute Gasteiger partial charge is 0.139 e. The van der Waals surface area contributed by atoms with E-state index in [9.17, 15) is 0 Å². The van der Waals surface area contributed by atoms with Crippen LogP contribution in [0.25, 0.3) is 10.9 Å². The van der Waals surface area contributed by atoms with Gasteiger partial charge in [-0.25, -0.2) is 4.98 Å². The van der Waals surface area contributed by atoms with E-state index in [0.29, 0.717) is 0 Å². The first-order valence-electron chi connectivity index (χ1n) is 8.34. The predicted octanol–water partition coefficient (Wildman–Crippen LogP) is 4.59. The fourth-order valence-electron chi connectivity index (χ4n) is 3.16. The van der Waals surface area contributed by atoms with Crippen LogP contribution in [0.2, 0.25) is 0 Å². The molecule has 4 nitrogen and oxygen atoms in total. The summed E-state index contributed by atoms with van der Waals surface area (Å²) in [5, 5.41) is 4.69. The number of fused-ring (bicyclic) bond motifs is 1. The molecule has 3 heterocycles. The molecule has 1 aliphatic rings. The van der Waals surface area contributed by atoms with Crippen LogP contribution >= 0.6 is 0 Å². The van der Waals surface area contributed by atoms with Gasteiger partial charge >= 0.3 is 0 Å². The minimum atomic E-state index is 0.921. The molecule has 0 bridgehead atoms. The van der Waals surface area contributed by atoms with Gasteiger partial charge in [0.2, 0.25) is 0 Å². The first-order chi connectivity index (χ1) is 11.2. The molecule has 118 valence electrons. The van der Waals surface area contributed by atoms with Crippen molar-refractivity contribution in [3.63, 3.8) is 0 Å². The number of nitrogens with zero attached hydrogens (tertiary/aromatic N) is 3. The second-order valence-electron chi connectivity index (χ2n) is 6.61. The second kappa shape index (κ2) is 5.69. The van der Waals surface area contributed by atoms with Crippen molar-refractivity contribution < 1.29 is 0 Å². The molecule has 0 aliphatic heterocycles. The summed E-state index contributed by atoms with van der Waals surface area (Å²) in [7, 11) is 0. The zero-order valence-electron chi connectivity index (χ0n) is 13.7. The Morgan fingerprint density at radius 3 is 2.70 bits per heavy atom. The van der Waals surface area contributed by atoms with Crippen LogP contribution in [0.1, 0.15) is 30.4 Å². The highest BCUT2D eigenvalue weighted by Crippen LogP contribution is 2.34. The minimum absolute atomic E-state index is 0.921. The lowest BCUT2D eigenvalue weighted by Crippen LogP contribution is -2.00. The van der Waals surface area contributed by atoms with Crippen molar-refractivity contribution in [2.24, 2.45) is 5.92 Å². The predicted molar refractivity (Wildman–Crippen MR) is 94.1 cm³/mol. The number of rotatable bonds is 5. The fourth-order valence-corrected chi connectivity index (χ4v) is 3.16. The van der Waals surface area contributed by atoms with Crippen LogP contribution in [0, 0.1) is 19.8 Å². The zero-order valence-corrected chi connectivity index (χ0v) is 13.7. The maximum Gasteiger partial charge on any atom is 0.139 e. The van der Waals surface area contributed by atoms with E-state index in [1.54, 1.807) is 0 Å². The lowest BCUT2D eigenvalue weighted by molar-refractivity contribution is 0.611. The molecule has 1 aliphatic carbocycles. The van der Waals surface area contributed by atoms with Crippen molar-refractivity contribution in [2.45, 2.75) is 39.7 Å². The van der Waals surface area contributed by atoms with Gasteiger partial charge in [-0.2, -0.15) is 0 Å². The Balaban J connectivity index is 1.67. The normalized spacial score (nSPS) is 14.3. The van der Waals surface area contributed by atoms with Gasteiger partial charge < -0.3 is 9.88 Å². The van der Waals surface area contributed by atoms with Gasteiger partial charge in [0.25, 0.3) is 0 Å². The molecule has 4 rings (SSSR count). The van der Waals surface area contributed by atoms with Crippen molar-refractivity contribution in [3.8, 4) is 0 Å². The highest BCUT2D eigenvalue weighted by Gasteiger charge is 2.21. The molecule has 23 heavy (non-hydrogen) atoms. The lowest BCUT2D eigenvalue weighted by Gasteiger charge is -2.12. The molecule has 0 aromatic carbocycles. The van der Waals surface area contributed by atoms with Gasteiger partial charge in [-0.15, -0.1) is 0 Å². The summed E-state index contributed by atoms with van der Waals surface area (Å²) in [6.45, 7) is 5.25. The molecule has 3 aromatic rings. The molecular weight excluding hydrogens is 284 g/mol. The quantitative estimate of drug-likeness (QED) is 0.749. The number of hydrogen-bond acceptors (Lipinski definition) is 3. The van der Waals surface area contributed by atoms with Gasteiger partial charge in [0.05, 0.1) is 5.52 Å². The van der Waals surface area contributed by atoms with Gasteiger partial charge in [-0.1, -0.05) is 12.8 Å². The van der Waals surface area contributed by atoms with Crippen molar-refractivity contribution in [3.05, 3.63) is 48.0 Å². The Labute approximate surface area is 136 Å². The Morgan fingerprint density at radius 2 is 1.96 bits per heavy atom. The first kappa shape index (κ1) is 14.2. The summed E-state index contributed by atoms with van der Waals surface area (Å²) in [6.07, 6.45) is 12.0. The molecule has 0 amide bonds. The van der Waals surface area contributed by atoms with Crippen LogP contribution in [-0.2, 0) is 6.54 Å². The third-order valence-electron chi connectivity index (χ3n) is 4.74. The van der Waals surface area contributed by atoms with E-state index < -0.39 is 0 Å². The number of hydrogen-bond donors (Lipinski definition) is 1. The Bertz CT molecular complexity index is 825. The third kappa shape index (κ3) is 2.81. The molecule has 0 unspecified atom stereocenters. The Morgan fingerprint density at radius 1 is 1.17 bits per heavy atom. The zero-order chi connectivity index (χ0) is 15.8. The van der Waals surface area contributed by atoms with E-state index in [0.717, 1.165) is 35.1 Å². The fraction of sp³-hybridized carbons (Fsp3) is 0.368. The van der Waals surface area contributed by atoms with E-state index in [1.165, 1.54) is 30.2 Å². The molecule has 0 spiro atoms. The van der Waals surface area contributed by atoms with Gasteiger partial charge in [0.1, 0.15) is 5.82 Å². The van der Waals surface area contributed by atoms with Crippen LogP contribution in [0.5, 0.6) is 0 Å². The van der Waals surface area contributed by atoms with E-state index in [1.807, 2.05) is 18.6 Å². The van der Waals surface area contributed by atoms with Crippen LogP contribution in [0.4, 0.5) is 11.5 Å². The number of aromatic nitrogens is 3. The number of anilines is 2. The average molecular weight is 306 g/mol. The summed E-state index contributed by atoms with van der Waals surface area (Å²) in [5.41, 5.74) is 4.63. The van der Waals surface area contributed by atoms with Crippen molar-refractivity contribution in [2.75, 3.05) is 5.32 Å². The van der Waals surface area contributed by atoms with Crippen molar-refractivity contribution in [1.29, 1.82) is 0 Å². The molecule has 1 saturated carbocycles. The molecular formula is C19H22N4. The Hall–Kier alpha value is -2.36. The maximum atomic E-state index is 4.56. The first-order valence-corrected chi connectivity index (χ1v) is 8.34. The van der Waals surface area contributed by atoms with Gasteiger partial charge in [-0.3, -0.25) is 4.98 Å². The lowest BCUT2D eigenvalue weighted by atomic mass is 10.1. The molecule has 1 fully saturated rings. The molecule has 0 radical (unpaired) electrons. The summed E-state index contributed by atoms with van der Waals surface area (Å²) >= 11 is 0. The standard InChI is InChI=1S/C19H22N4/c1-13-11-20-12-14(2)18(13)22-19-16-7-10-23(9-6-15-3-4-15)17(16)5-8-21-19/h5,7-8,10-12,15H,3-4,6,9H2,1-2H3,(H,20,21,22). The maximum absolute atomic E-state index is 4.56. The molecule has 0 saturated heterocycles. The van der Waals surface area contributed by atoms with Crippen molar-refractivity contribution in [1.82, 2.24) is 14.5 Å². The largest absolute Gasteiger partial charge is 0.347 e. The summed E-state index contributed by atoms with van der Waals surface area (Å²) in [6, 6.07) is 4.28. The number of pyridine rings is 2. The highest BCUT2D eigenvalue weighted by molar-refractivity contribution is 5.92. The molecule has 3 aromatic heterocycles. The minimum Gasteiger partial charge on any atom is -0.347 e. The topological polar surface area (TPSA) is 42.7 Å². The number of nitrogens with one attached hydrogen (secondary N) is 1. The van der Waals surface area contributed by atoms with E-state index in [2.05, 4.69) is 52.0 Å². The van der Waals surface area contributed by atoms with Gasteiger partial charge in [0.15, 0.2) is 0 Å². The van der Waals surface area contributed by atoms with Crippen molar-refractivity contribution >= 4 is 22.4 Å². The SMILES string of the molecule is Cc1cncc(C)c1Nc1nccc2c1ccn2CCC1CC1. The van der Waals surface area contributed by atoms with E-state index >= 15 is 0 Å². The second-order valence-corrected chi connectivity index (χ2v) is 6.61. The third-order valence-corrected chi connectivity index (χ3v) is 4.74. The van der Waals surface area contributed by atoms with E-state index in [-0.39, 0.29) is 0 Å². The van der Waals surface area contributed by atoms with Gasteiger partial charge in [0, 0.05) is 42.4 Å². The van der Waals surface area contributed by atoms with Crippen LogP contribution in [0.15, 0.2) is 36.9 Å². The average Bonchev–Trinajstić information content (AvgIpc) is 3.28. The highest BCUT2D eigenvalue weighted by atomic mass is 15.0. The summed E-state index contributed by atoms with van der Waals surface area (Å²) in [4.78, 5) is 8.80. The van der Waals surface area contributed by atoms with Crippen LogP contribution < -0.4 is 5.32 Å². The monoisotopic (exact) mass is 306 g/mol. The molecule has 1 N–H and O–H groups in total. The van der Waals surface area contributed by atoms with Gasteiger partial charge in [-0.05, 0) is 49.4 Å². The number of aryl methyl sites for hydroxylation is 3. The van der Waals surface area contributed by atoms with Crippen LogP contribution in [0.3, 0.4) is 0 Å². The van der Waals surface area contributed by atoms with E-state index in [4.69, 9.17) is 0 Å². The van der Waals surface area contributed by atoms with Crippen LogP contribution in [-0.4, -0.2) is 14.5 Å². The Kier molecular flexibility index (Phi) is 3.52. The summed E-state index contributed by atoms with van der Waals surface area (Å²) in [5.74, 6) is 1.87. The molecule has 0 atom stereocenters.